The van der Waals surface area contributed by atoms with Crippen LogP contribution in [0.4, 0.5) is 5.82 Å². The van der Waals surface area contributed by atoms with E-state index in [1.807, 2.05) is 24.1 Å². The van der Waals surface area contributed by atoms with E-state index >= 15 is 0 Å². The van der Waals surface area contributed by atoms with Crippen molar-refractivity contribution in [2.24, 2.45) is 0 Å². The van der Waals surface area contributed by atoms with Crippen LogP contribution in [0.2, 0.25) is 5.15 Å². The second-order valence-corrected chi connectivity index (χ2v) is 4.22. The SMILES string of the molecule is COCc1nc(Cl)cc(N(C)Cc2ccco2)n1. The molecule has 96 valence electrons. The summed E-state index contributed by atoms with van der Waals surface area (Å²) in [6, 6.07) is 5.48. The lowest BCUT2D eigenvalue weighted by atomic mass is 10.4. The van der Waals surface area contributed by atoms with Gasteiger partial charge in [-0.05, 0) is 12.1 Å². The number of ether oxygens (including phenoxy) is 1. The van der Waals surface area contributed by atoms with Crippen molar-refractivity contribution in [1.82, 2.24) is 9.97 Å². The van der Waals surface area contributed by atoms with Crippen molar-refractivity contribution in [3.8, 4) is 0 Å². The predicted molar refractivity (Wildman–Crippen MR) is 68.6 cm³/mol. The van der Waals surface area contributed by atoms with Gasteiger partial charge in [-0.15, -0.1) is 0 Å². The van der Waals surface area contributed by atoms with Crippen LogP contribution in [0.3, 0.4) is 0 Å². The Bertz CT molecular complexity index is 502. The Balaban J connectivity index is 2.16. The third-order valence-corrected chi connectivity index (χ3v) is 2.56. The smallest absolute Gasteiger partial charge is 0.158 e. The van der Waals surface area contributed by atoms with Gasteiger partial charge < -0.3 is 14.1 Å². The molecule has 0 aliphatic carbocycles. The Kier molecular flexibility index (Phi) is 4.17. The van der Waals surface area contributed by atoms with Gasteiger partial charge in [0.05, 0.1) is 12.8 Å². The highest BCUT2D eigenvalue weighted by molar-refractivity contribution is 6.29. The van der Waals surface area contributed by atoms with Crippen LogP contribution in [0.25, 0.3) is 0 Å². The van der Waals surface area contributed by atoms with Crippen LogP contribution in [0.1, 0.15) is 11.6 Å². The Morgan fingerprint density at radius 1 is 1.44 bits per heavy atom. The van der Waals surface area contributed by atoms with Gasteiger partial charge in [0.25, 0.3) is 0 Å². The number of aromatic nitrogens is 2. The average Bonchev–Trinajstić information content (AvgIpc) is 2.81. The molecule has 2 heterocycles. The molecule has 0 radical (unpaired) electrons. The number of hydrogen-bond acceptors (Lipinski definition) is 5. The summed E-state index contributed by atoms with van der Waals surface area (Å²) in [5, 5.41) is 0.401. The first-order valence-corrected chi connectivity index (χ1v) is 5.82. The Morgan fingerprint density at radius 2 is 2.28 bits per heavy atom. The van der Waals surface area contributed by atoms with Crippen LogP contribution in [-0.4, -0.2) is 24.1 Å². The lowest BCUT2D eigenvalue weighted by Crippen LogP contribution is -2.18. The zero-order chi connectivity index (χ0) is 13.0. The number of rotatable bonds is 5. The van der Waals surface area contributed by atoms with Gasteiger partial charge in [-0.3, -0.25) is 0 Å². The summed E-state index contributed by atoms with van der Waals surface area (Å²) in [4.78, 5) is 10.4. The van der Waals surface area contributed by atoms with Crippen molar-refractivity contribution in [2.45, 2.75) is 13.2 Å². The molecule has 0 saturated carbocycles. The van der Waals surface area contributed by atoms with E-state index < -0.39 is 0 Å². The van der Waals surface area contributed by atoms with E-state index in [0.29, 0.717) is 24.1 Å². The molecule has 0 spiro atoms. The van der Waals surface area contributed by atoms with Crippen LogP contribution in [0, 0.1) is 0 Å². The van der Waals surface area contributed by atoms with Gasteiger partial charge in [-0.25, -0.2) is 9.97 Å². The third-order valence-electron chi connectivity index (χ3n) is 2.37. The first-order valence-electron chi connectivity index (χ1n) is 5.45. The maximum atomic E-state index is 5.95. The molecule has 0 saturated heterocycles. The molecule has 5 nitrogen and oxygen atoms in total. The van der Waals surface area contributed by atoms with Crippen molar-refractivity contribution in [2.75, 3.05) is 19.1 Å². The number of hydrogen-bond donors (Lipinski definition) is 0. The maximum Gasteiger partial charge on any atom is 0.158 e. The second-order valence-electron chi connectivity index (χ2n) is 3.83. The second kappa shape index (κ2) is 5.84. The van der Waals surface area contributed by atoms with Gasteiger partial charge in [0, 0.05) is 20.2 Å². The lowest BCUT2D eigenvalue weighted by Gasteiger charge is -2.17. The van der Waals surface area contributed by atoms with Gasteiger partial charge in [0.1, 0.15) is 23.3 Å². The number of halogens is 1. The van der Waals surface area contributed by atoms with Gasteiger partial charge in [-0.2, -0.15) is 0 Å². The minimum Gasteiger partial charge on any atom is -0.467 e. The fourth-order valence-electron chi connectivity index (χ4n) is 1.56. The average molecular weight is 268 g/mol. The molecule has 0 aliphatic heterocycles. The standard InChI is InChI=1S/C12H14ClN3O2/c1-16(7-9-4-3-5-18-9)12-6-10(13)14-11(15-12)8-17-2/h3-6H,7-8H2,1-2H3. The first kappa shape index (κ1) is 12.9. The molecule has 2 rings (SSSR count). The van der Waals surface area contributed by atoms with Crippen LogP contribution >= 0.6 is 11.6 Å². The lowest BCUT2D eigenvalue weighted by molar-refractivity contribution is 0.178. The van der Waals surface area contributed by atoms with Crippen molar-refractivity contribution in [1.29, 1.82) is 0 Å². The zero-order valence-electron chi connectivity index (χ0n) is 10.3. The molecule has 0 aliphatic rings. The van der Waals surface area contributed by atoms with Gasteiger partial charge in [-0.1, -0.05) is 11.6 Å². The minimum atomic E-state index is 0.335. The summed E-state index contributed by atoms with van der Waals surface area (Å²) in [5.41, 5.74) is 0. The minimum absolute atomic E-state index is 0.335. The molecular weight excluding hydrogens is 254 g/mol. The molecule has 0 unspecified atom stereocenters. The maximum absolute atomic E-state index is 5.95. The molecule has 0 atom stereocenters. The van der Waals surface area contributed by atoms with Crippen molar-refractivity contribution < 1.29 is 9.15 Å². The number of anilines is 1. The molecule has 0 N–H and O–H groups in total. The summed E-state index contributed by atoms with van der Waals surface area (Å²) in [7, 11) is 3.51. The van der Waals surface area contributed by atoms with E-state index in [0.717, 1.165) is 11.6 Å². The van der Waals surface area contributed by atoms with Crippen LogP contribution in [-0.2, 0) is 17.9 Å². The molecule has 2 aromatic heterocycles. The highest BCUT2D eigenvalue weighted by Gasteiger charge is 2.09. The van der Waals surface area contributed by atoms with E-state index in [2.05, 4.69) is 9.97 Å². The summed E-state index contributed by atoms with van der Waals surface area (Å²) in [6.45, 7) is 0.953. The molecule has 6 heteroatoms. The molecule has 0 aromatic carbocycles. The van der Waals surface area contributed by atoms with Gasteiger partial charge in [0.2, 0.25) is 0 Å². The molecule has 0 bridgehead atoms. The van der Waals surface area contributed by atoms with Crippen LogP contribution < -0.4 is 4.90 Å². The van der Waals surface area contributed by atoms with Crippen molar-refractivity contribution in [3.05, 3.63) is 41.2 Å². The summed E-state index contributed by atoms with van der Waals surface area (Å²) in [6.07, 6.45) is 1.65. The largest absolute Gasteiger partial charge is 0.467 e. The van der Waals surface area contributed by atoms with E-state index in [-0.39, 0.29) is 0 Å². The number of furan rings is 1. The van der Waals surface area contributed by atoms with E-state index in [1.165, 1.54) is 0 Å². The quantitative estimate of drug-likeness (QED) is 0.779. The van der Waals surface area contributed by atoms with E-state index in [9.17, 15) is 0 Å². The molecular formula is C12H14ClN3O2. The predicted octanol–water partition coefficient (Wildman–Crippen LogP) is 2.51. The van der Waals surface area contributed by atoms with Crippen molar-refractivity contribution >= 4 is 17.4 Å². The highest BCUT2D eigenvalue weighted by Crippen LogP contribution is 2.17. The summed E-state index contributed by atoms with van der Waals surface area (Å²) in [5.74, 6) is 2.16. The highest BCUT2D eigenvalue weighted by atomic mass is 35.5. The Hall–Kier alpha value is -1.59. The van der Waals surface area contributed by atoms with Gasteiger partial charge >= 0.3 is 0 Å². The molecule has 2 aromatic rings. The summed E-state index contributed by atoms with van der Waals surface area (Å²) < 4.78 is 10.3. The Labute approximate surface area is 110 Å². The molecule has 0 fully saturated rings. The van der Waals surface area contributed by atoms with Gasteiger partial charge in [0.15, 0.2) is 5.82 Å². The fourth-order valence-corrected chi connectivity index (χ4v) is 1.75. The van der Waals surface area contributed by atoms with Crippen molar-refractivity contribution in [3.63, 3.8) is 0 Å². The number of nitrogens with zero attached hydrogens (tertiary/aromatic N) is 3. The topological polar surface area (TPSA) is 51.4 Å². The zero-order valence-corrected chi connectivity index (χ0v) is 11.0. The fraction of sp³-hybridized carbons (Fsp3) is 0.333. The van der Waals surface area contributed by atoms with E-state index in [1.54, 1.807) is 19.4 Å². The molecule has 0 amide bonds. The normalized spacial score (nSPS) is 10.6. The van der Waals surface area contributed by atoms with E-state index in [4.69, 9.17) is 20.8 Å². The third kappa shape index (κ3) is 3.21. The summed E-state index contributed by atoms with van der Waals surface area (Å²) >= 11 is 5.95. The van der Waals surface area contributed by atoms with Crippen LogP contribution in [0.15, 0.2) is 28.9 Å². The number of methoxy groups -OCH3 is 1. The monoisotopic (exact) mass is 267 g/mol. The van der Waals surface area contributed by atoms with Crippen LogP contribution in [0.5, 0.6) is 0 Å². The Morgan fingerprint density at radius 3 is 2.94 bits per heavy atom. The first-order chi connectivity index (χ1) is 8.69. The molecule has 18 heavy (non-hydrogen) atoms.